The average Bonchev–Trinajstić information content (AvgIpc) is 3.00. The Hall–Kier alpha value is -0.870. The number of rotatable bonds is 5. The van der Waals surface area contributed by atoms with E-state index in [2.05, 4.69) is 6.58 Å². The summed E-state index contributed by atoms with van der Waals surface area (Å²) in [6.45, 7) is 6.87. The zero-order valence-corrected chi connectivity index (χ0v) is 11.0. The fourth-order valence-electron chi connectivity index (χ4n) is 2.50. The van der Waals surface area contributed by atoms with Gasteiger partial charge in [0.05, 0.1) is 12.2 Å². The number of esters is 1. The first-order chi connectivity index (χ1) is 8.66. The number of carbonyl (C=O) groups excluding carboxylic acids is 1. The Morgan fingerprint density at radius 2 is 2.06 bits per heavy atom. The smallest absolute Gasteiger partial charge is 0.333 e. The van der Waals surface area contributed by atoms with Gasteiger partial charge in [-0.15, -0.1) is 0 Å². The number of hydrogen-bond donors (Lipinski definition) is 0. The van der Waals surface area contributed by atoms with Gasteiger partial charge in [-0.1, -0.05) is 6.58 Å². The normalized spacial score (nSPS) is 29.2. The first-order valence-corrected chi connectivity index (χ1v) is 6.76. The van der Waals surface area contributed by atoms with Gasteiger partial charge in [0.25, 0.3) is 0 Å². The zero-order valence-electron chi connectivity index (χ0n) is 11.0. The van der Waals surface area contributed by atoms with Crippen LogP contribution in [0.3, 0.4) is 0 Å². The molecule has 0 saturated carbocycles. The minimum absolute atomic E-state index is 0.0255. The molecule has 0 aliphatic carbocycles. The molecule has 4 heteroatoms. The van der Waals surface area contributed by atoms with Gasteiger partial charge in [-0.05, 0) is 32.6 Å². The lowest BCUT2D eigenvalue weighted by atomic mass is 10.0. The molecular formula is C14H22O4. The van der Waals surface area contributed by atoms with E-state index in [-0.39, 0.29) is 24.3 Å². The summed E-state index contributed by atoms with van der Waals surface area (Å²) >= 11 is 0. The van der Waals surface area contributed by atoms with E-state index in [4.69, 9.17) is 14.2 Å². The third-order valence-electron chi connectivity index (χ3n) is 3.51. The summed E-state index contributed by atoms with van der Waals surface area (Å²) in [7, 11) is 0. The molecule has 3 atom stereocenters. The van der Waals surface area contributed by atoms with E-state index in [0.717, 1.165) is 45.3 Å². The fourth-order valence-corrected chi connectivity index (χ4v) is 2.50. The Morgan fingerprint density at radius 1 is 1.33 bits per heavy atom. The summed E-state index contributed by atoms with van der Waals surface area (Å²) in [6.07, 6.45) is 4.92. The van der Waals surface area contributed by atoms with Crippen LogP contribution < -0.4 is 0 Å². The largest absolute Gasteiger partial charge is 0.456 e. The summed E-state index contributed by atoms with van der Waals surface area (Å²) in [5.41, 5.74) is 0.435. The van der Waals surface area contributed by atoms with E-state index >= 15 is 0 Å². The van der Waals surface area contributed by atoms with Crippen molar-refractivity contribution in [1.29, 1.82) is 0 Å². The van der Waals surface area contributed by atoms with E-state index in [0.29, 0.717) is 5.57 Å². The quantitative estimate of drug-likeness (QED) is 0.557. The van der Waals surface area contributed by atoms with Crippen LogP contribution >= 0.6 is 0 Å². The summed E-state index contributed by atoms with van der Waals surface area (Å²) in [5.74, 6) is -0.325. The highest BCUT2D eigenvalue weighted by Crippen LogP contribution is 2.26. The Bertz CT molecular complexity index is 301. The first-order valence-electron chi connectivity index (χ1n) is 6.76. The SMILES string of the molecule is C=C(C)C(=O)OC(CC1CCCO1)C1CCCO1. The second-order valence-corrected chi connectivity index (χ2v) is 5.15. The van der Waals surface area contributed by atoms with Crippen molar-refractivity contribution in [2.24, 2.45) is 0 Å². The molecule has 0 aromatic rings. The van der Waals surface area contributed by atoms with Crippen molar-refractivity contribution >= 4 is 5.97 Å². The van der Waals surface area contributed by atoms with E-state index in [1.54, 1.807) is 6.92 Å². The van der Waals surface area contributed by atoms with Crippen molar-refractivity contribution in [1.82, 2.24) is 0 Å². The van der Waals surface area contributed by atoms with Crippen LogP contribution in [-0.2, 0) is 19.0 Å². The van der Waals surface area contributed by atoms with Gasteiger partial charge in [-0.25, -0.2) is 4.79 Å². The lowest BCUT2D eigenvalue weighted by molar-refractivity contribution is -0.153. The molecule has 0 bridgehead atoms. The molecular weight excluding hydrogens is 232 g/mol. The summed E-state index contributed by atoms with van der Waals surface area (Å²) in [4.78, 5) is 11.7. The highest BCUT2D eigenvalue weighted by atomic mass is 16.6. The van der Waals surface area contributed by atoms with Crippen LogP contribution in [0.5, 0.6) is 0 Å². The zero-order chi connectivity index (χ0) is 13.0. The van der Waals surface area contributed by atoms with E-state index in [1.807, 2.05) is 0 Å². The minimum Gasteiger partial charge on any atom is -0.456 e. The molecule has 3 unspecified atom stereocenters. The molecule has 18 heavy (non-hydrogen) atoms. The van der Waals surface area contributed by atoms with Crippen LogP contribution in [-0.4, -0.2) is 37.5 Å². The Morgan fingerprint density at radius 3 is 2.61 bits per heavy atom. The van der Waals surface area contributed by atoms with E-state index in [9.17, 15) is 4.79 Å². The van der Waals surface area contributed by atoms with Crippen LogP contribution in [0.1, 0.15) is 39.0 Å². The predicted octanol–water partition coefficient (Wildman–Crippen LogP) is 2.22. The Balaban J connectivity index is 1.92. The molecule has 0 aromatic heterocycles. The lowest BCUT2D eigenvalue weighted by Crippen LogP contribution is -2.34. The molecule has 2 saturated heterocycles. The Labute approximate surface area is 108 Å². The van der Waals surface area contributed by atoms with Crippen molar-refractivity contribution in [3.8, 4) is 0 Å². The van der Waals surface area contributed by atoms with Crippen LogP contribution in [0.2, 0.25) is 0 Å². The van der Waals surface area contributed by atoms with Gasteiger partial charge in [0, 0.05) is 25.2 Å². The molecule has 2 aliphatic heterocycles. The monoisotopic (exact) mass is 254 g/mol. The van der Waals surface area contributed by atoms with E-state index in [1.165, 1.54) is 0 Å². The molecule has 0 N–H and O–H groups in total. The standard InChI is InChI=1S/C14H22O4/c1-10(2)14(15)18-13(12-6-4-8-17-12)9-11-5-3-7-16-11/h11-13H,1,3-9H2,2H3. The van der Waals surface area contributed by atoms with Crippen molar-refractivity contribution in [2.75, 3.05) is 13.2 Å². The second-order valence-electron chi connectivity index (χ2n) is 5.15. The molecule has 0 spiro atoms. The number of carbonyl (C=O) groups is 1. The molecule has 2 rings (SSSR count). The van der Waals surface area contributed by atoms with Gasteiger partial charge in [0.2, 0.25) is 0 Å². The van der Waals surface area contributed by atoms with Gasteiger partial charge in [-0.2, -0.15) is 0 Å². The number of ether oxygens (including phenoxy) is 3. The molecule has 2 fully saturated rings. The number of hydrogen-bond acceptors (Lipinski definition) is 4. The maximum absolute atomic E-state index is 11.7. The third kappa shape index (κ3) is 3.56. The topological polar surface area (TPSA) is 44.8 Å². The van der Waals surface area contributed by atoms with Crippen molar-refractivity contribution in [2.45, 2.75) is 57.3 Å². The van der Waals surface area contributed by atoms with Crippen LogP contribution in [0.25, 0.3) is 0 Å². The summed E-state index contributed by atoms with van der Waals surface area (Å²) < 4.78 is 16.8. The molecule has 4 nitrogen and oxygen atoms in total. The molecule has 0 amide bonds. The van der Waals surface area contributed by atoms with Crippen LogP contribution in [0.15, 0.2) is 12.2 Å². The predicted molar refractivity (Wildman–Crippen MR) is 67.3 cm³/mol. The van der Waals surface area contributed by atoms with Crippen molar-refractivity contribution < 1.29 is 19.0 Å². The summed E-state index contributed by atoms with van der Waals surface area (Å²) in [5, 5.41) is 0. The maximum atomic E-state index is 11.7. The molecule has 2 heterocycles. The van der Waals surface area contributed by atoms with Crippen molar-refractivity contribution in [3.63, 3.8) is 0 Å². The van der Waals surface area contributed by atoms with Gasteiger partial charge in [-0.3, -0.25) is 0 Å². The summed E-state index contributed by atoms with van der Waals surface area (Å²) in [6, 6.07) is 0. The van der Waals surface area contributed by atoms with Gasteiger partial charge < -0.3 is 14.2 Å². The van der Waals surface area contributed by atoms with Gasteiger partial charge in [0.15, 0.2) is 0 Å². The molecule has 2 aliphatic rings. The Kier molecular flexibility index (Phi) is 4.78. The highest BCUT2D eigenvalue weighted by Gasteiger charge is 2.32. The van der Waals surface area contributed by atoms with Gasteiger partial charge >= 0.3 is 5.97 Å². The average molecular weight is 254 g/mol. The maximum Gasteiger partial charge on any atom is 0.333 e. The van der Waals surface area contributed by atoms with Crippen LogP contribution in [0, 0.1) is 0 Å². The van der Waals surface area contributed by atoms with Crippen molar-refractivity contribution in [3.05, 3.63) is 12.2 Å². The fraction of sp³-hybridized carbons (Fsp3) is 0.786. The van der Waals surface area contributed by atoms with E-state index < -0.39 is 0 Å². The van der Waals surface area contributed by atoms with Gasteiger partial charge in [0.1, 0.15) is 6.10 Å². The first kappa shape index (κ1) is 13.6. The minimum atomic E-state index is -0.325. The second kappa shape index (κ2) is 6.34. The third-order valence-corrected chi connectivity index (χ3v) is 3.51. The molecule has 102 valence electrons. The van der Waals surface area contributed by atoms with Crippen LogP contribution in [0.4, 0.5) is 0 Å². The lowest BCUT2D eigenvalue weighted by Gasteiger charge is -2.25. The highest BCUT2D eigenvalue weighted by molar-refractivity contribution is 5.87. The molecule has 0 aromatic carbocycles. The molecule has 0 radical (unpaired) electrons.